The third kappa shape index (κ3) is 7.65. The van der Waals surface area contributed by atoms with Crippen LogP contribution in [0.3, 0.4) is 0 Å². The highest BCUT2D eigenvalue weighted by molar-refractivity contribution is 5.91. The first-order valence-electron chi connectivity index (χ1n) is 18.4. The van der Waals surface area contributed by atoms with Crippen molar-refractivity contribution >= 4 is 23.7 Å². The van der Waals surface area contributed by atoms with Crippen molar-refractivity contribution in [2.24, 2.45) is 40.4 Å². The summed E-state index contributed by atoms with van der Waals surface area (Å²) in [6, 6.07) is 0. The van der Waals surface area contributed by atoms with E-state index in [2.05, 4.69) is 13.8 Å². The number of carbonyl (C=O) groups is 4. The lowest BCUT2D eigenvalue weighted by Crippen LogP contribution is -2.57. The van der Waals surface area contributed by atoms with Gasteiger partial charge in [-0.3, -0.25) is 19.2 Å². The standard InChI is InChI=1S/C38H58O11/c1-21(19-45-35-33(43)34(49-24(4)41)30(20-46-35)47-22(2)39)8-13-32(48-23(3)40)38(7,44)31-12-11-28-27-10-9-25-18-26(42)14-16-36(25,5)29(27)15-17-37(28,31)6/h18,21,27-35,43-44H,8-17,19-20H2,1-7H3/t21-,27-,28-,29-,30+,31-,32+,33-,34+,35+,36-,37-,38+/m0/s1. The van der Waals surface area contributed by atoms with Crippen LogP contribution in [0.2, 0.25) is 0 Å². The number of hydrogen-bond acceptors (Lipinski definition) is 11. The second-order valence-electron chi connectivity index (χ2n) is 16.4. The van der Waals surface area contributed by atoms with Gasteiger partial charge >= 0.3 is 17.9 Å². The van der Waals surface area contributed by atoms with Gasteiger partial charge in [-0.1, -0.05) is 26.3 Å². The summed E-state index contributed by atoms with van der Waals surface area (Å²) in [5.74, 6) is 0.114. The van der Waals surface area contributed by atoms with E-state index >= 15 is 0 Å². The Bertz CT molecular complexity index is 1290. The van der Waals surface area contributed by atoms with E-state index in [1.54, 1.807) is 0 Å². The van der Waals surface area contributed by atoms with Gasteiger partial charge < -0.3 is 33.9 Å². The number of ether oxygens (including phenoxy) is 5. The third-order valence-corrected chi connectivity index (χ3v) is 13.1. The molecule has 5 aliphatic rings. The molecule has 0 bridgehead atoms. The topological polar surface area (TPSA) is 155 Å². The minimum atomic E-state index is -1.37. The van der Waals surface area contributed by atoms with Gasteiger partial charge in [0.1, 0.15) is 17.8 Å². The Morgan fingerprint density at radius 3 is 2.37 bits per heavy atom. The number of esters is 3. The van der Waals surface area contributed by atoms with Gasteiger partial charge in [0.2, 0.25) is 0 Å². The van der Waals surface area contributed by atoms with Crippen LogP contribution in [0, 0.1) is 40.4 Å². The maximum atomic E-state index is 12.4. The largest absolute Gasteiger partial charge is 0.459 e. The van der Waals surface area contributed by atoms with Gasteiger partial charge in [0.15, 0.2) is 24.3 Å². The molecule has 276 valence electrons. The molecule has 49 heavy (non-hydrogen) atoms. The van der Waals surface area contributed by atoms with Gasteiger partial charge in [0, 0.05) is 27.2 Å². The highest BCUT2D eigenvalue weighted by Gasteiger charge is 2.63. The quantitative estimate of drug-likeness (QED) is 0.226. The predicted molar refractivity (Wildman–Crippen MR) is 178 cm³/mol. The number of ketones is 1. The number of carbonyl (C=O) groups excluding carboxylic acids is 4. The highest BCUT2D eigenvalue weighted by Crippen LogP contribution is 2.68. The second-order valence-corrected chi connectivity index (χ2v) is 16.4. The third-order valence-electron chi connectivity index (χ3n) is 13.1. The smallest absolute Gasteiger partial charge is 0.303 e. The summed E-state index contributed by atoms with van der Waals surface area (Å²) in [6.07, 6.45) is 5.32. The molecule has 1 saturated heterocycles. The summed E-state index contributed by atoms with van der Waals surface area (Å²) >= 11 is 0. The lowest BCUT2D eigenvalue weighted by atomic mass is 9.46. The van der Waals surface area contributed by atoms with Gasteiger partial charge in [-0.15, -0.1) is 0 Å². The van der Waals surface area contributed by atoms with Crippen molar-refractivity contribution in [1.29, 1.82) is 0 Å². The molecule has 2 N–H and O–H groups in total. The molecule has 4 fully saturated rings. The zero-order valence-electron chi connectivity index (χ0n) is 30.4. The monoisotopic (exact) mass is 690 g/mol. The van der Waals surface area contributed by atoms with Gasteiger partial charge in [-0.25, -0.2) is 0 Å². The summed E-state index contributed by atoms with van der Waals surface area (Å²) in [6.45, 7) is 12.5. The Balaban J connectivity index is 1.21. The van der Waals surface area contributed by atoms with Gasteiger partial charge in [-0.05, 0) is 111 Å². The molecule has 0 unspecified atom stereocenters. The molecule has 0 amide bonds. The van der Waals surface area contributed by atoms with Crippen molar-refractivity contribution in [1.82, 2.24) is 0 Å². The van der Waals surface area contributed by atoms with E-state index in [4.69, 9.17) is 23.7 Å². The molecular formula is C38H58O11. The molecule has 11 nitrogen and oxygen atoms in total. The van der Waals surface area contributed by atoms with E-state index < -0.39 is 54.2 Å². The van der Waals surface area contributed by atoms with Crippen molar-refractivity contribution in [3.8, 4) is 0 Å². The van der Waals surface area contributed by atoms with Crippen molar-refractivity contribution < 1.29 is 53.1 Å². The fourth-order valence-corrected chi connectivity index (χ4v) is 10.7. The zero-order chi connectivity index (χ0) is 35.9. The predicted octanol–water partition coefficient (Wildman–Crippen LogP) is 4.83. The molecule has 0 aromatic carbocycles. The molecule has 3 saturated carbocycles. The van der Waals surface area contributed by atoms with E-state index in [-0.39, 0.29) is 41.7 Å². The van der Waals surface area contributed by atoms with Crippen LogP contribution in [0.15, 0.2) is 11.6 Å². The van der Waals surface area contributed by atoms with Crippen LogP contribution in [-0.2, 0) is 42.9 Å². The first-order chi connectivity index (χ1) is 23.0. The summed E-state index contributed by atoms with van der Waals surface area (Å²) < 4.78 is 27.9. The maximum Gasteiger partial charge on any atom is 0.303 e. The normalized spacial score (nSPS) is 39.6. The van der Waals surface area contributed by atoms with E-state index in [1.165, 1.54) is 26.3 Å². The highest BCUT2D eigenvalue weighted by atomic mass is 16.7. The van der Waals surface area contributed by atoms with E-state index in [0.717, 1.165) is 44.9 Å². The van der Waals surface area contributed by atoms with Crippen molar-refractivity contribution in [3.63, 3.8) is 0 Å². The van der Waals surface area contributed by atoms with Crippen LogP contribution in [0.4, 0.5) is 0 Å². The lowest BCUT2D eigenvalue weighted by molar-refractivity contribution is -0.278. The van der Waals surface area contributed by atoms with Gasteiger partial charge in [0.05, 0.1) is 13.2 Å². The Labute approximate surface area is 290 Å². The van der Waals surface area contributed by atoms with Crippen LogP contribution in [0.1, 0.15) is 113 Å². The Hall–Kier alpha value is -2.34. The molecule has 13 atom stereocenters. The fourth-order valence-electron chi connectivity index (χ4n) is 10.7. The van der Waals surface area contributed by atoms with Crippen LogP contribution in [0.5, 0.6) is 0 Å². The zero-order valence-corrected chi connectivity index (χ0v) is 30.4. The number of hydrogen-bond donors (Lipinski definition) is 2. The minimum Gasteiger partial charge on any atom is -0.459 e. The van der Waals surface area contributed by atoms with Gasteiger partial charge in [-0.2, -0.15) is 0 Å². The summed E-state index contributed by atoms with van der Waals surface area (Å²) in [5.41, 5.74) is 0.107. The van der Waals surface area contributed by atoms with Crippen LogP contribution < -0.4 is 0 Å². The fraction of sp³-hybridized carbons (Fsp3) is 0.842. The first-order valence-corrected chi connectivity index (χ1v) is 18.4. The average molecular weight is 691 g/mol. The second kappa shape index (κ2) is 14.7. The summed E-state index contributed by atoms with van der Waals surface area (Å²) in [4.78, 5) is 47.8. The molecule has 0 aromatic heterocycles. The van der Waals surface area contributed by atoms with E-state index in [0.29, 0.717) is 37.0 Å². The van der Waals surface area contributed by atoms with Gasteiger partial charge in [0.25, 0.3) is 0 Å². The number of rotatable bonds is 11. The molecule has 5 rings (SSSR count). The molecule has 1 heterocycles. The minimum absolute atomic E-state index is 0.0336. The van der Waals surface area contributed by atoms with Crippen molar-refractivity contribution in [2.75, 3.05) is 13.2 Å². The molecule has 4 aliphatic carbocycles. The number of fused-ring (bicyclic) bond motifs is 5. The molecule has 0 spiro atoms. The summed E-state index contributed by atoms with van der Waals surface area (Å²) in [5, 5.41) is 23.2. The Morgan fingerprint density at radius 1 is 0.980 bits per heavy atom. The Kier molecular flexibility index (Phi) is 11.4. The van der Waals surface area contributed by atoms with E-state index in [9.17, 15) is 29.4 Å². The summed E-state index contributed by atoms with van der Waals surface area (Å²) in [7, 11) is 0. The van der Waals surface area contributed by atoms with Crippen molar-refractivity contribution in [2.45, 2.75) is 149 Å². The first kappa shape index (κ1) is 37.9. The number of aliphatic hydroxyl groups is 2. The van der Waals surface area contributed by atoms with Crippen LogP contribution in [0.25, 0.3) is 0 Å². The number of allylic oxidation sites excluding steroid dienone is 1. The average Bonchev–Trinajstić information content (AvgIpc) is 3.38. The molecule has 1 aliphatic heterocycles. The number of aliphatic hydroxyl groups excluding tert-OH is 1. The SMILES string of the molecule is CC(=O)O[C@H]1[C@H](O)[C@H](OC[C@@H](C)CC[C@@H](OC(C)=O)[C@](C)(O)[C@H]2CC[C@H]3[C@@H]4CCC5=CC(=O)CC[C@]5(C)[C@H]4CC[C@]23C)OC[C@H]1OC(C)=O. The lowest BCUT2D eigenvalue weighted by Gasteiger charge is -2.59. The molecule has 0 radical (unpaired) electrons. The van der Waals surface area contributed by atoms with Crippen molar-refractivity contribution in [3.05, 3.63) is 11.6 Å². The van der Waals surface area contributed by atoms with E-state index in [1.807, 2.05) is 19.9 Å². The molecule has 11 heteroatoms. The molecule has 0 aromatic rings. The molecular weight excluding hydrogens is 632 g/mol. The maximum absolute atomic E-state index is 12.4. The Morgan fingerprint density at radius 2 is 1.69 bits per heavy atom. The van der Waals surface area contributed by atoms with Crippen LogP contribution in [-0.4, -0.2) is 83.4 Å². The van der Waals surface area contributed by atoms with Crippen LogP contribution >= 0.6 is 0 Å².